The van der Waals surface area contributed by atoms with Crippen LogP contribution in [0.25, 0.3) is 0 Å². The van der Waals surface area contributed by atoms with Gasteiger partial charge in [-0.05, 0) is 48.4 Å². The van der Waals surface area contributed by atoms with Crippen LogP contribution in [0.5, 0.6) is 0 Å². The lowest BCUT2D eigenvalue weighted by Gasteiger charge is -2.08. The summed E-state index contributed by atoms with van der Waals surface area (Å²) in [5, 5.41) is 3.68. The Kier molecular flexibility index (Phi) is 5.51. The highest BCUT2D eigenvalue weighted by Gasteiger charge is 2.18. The number of rotatable bonds is 4. The van der Waals surface area contributed by atoms with Crippen LogP contribution < -0.4 is 5.32 Å². The van der Waals surface area contributed by atoms with Crippen molar-refractivity contribution >= 4 is 40.7 Å². The second kappa shape index (κ2) is 8.21. The third kappa shape index (κ3) is 3.98. The maximum absolute atomic E-state index is 12.6. The Balaban J connectivity index is 1.62. The predicted molar refractivity (Wildman–Crippen MR) is 116 cm³/mol. The lowest BCUT2D eigenvalue weighted by Crippen LogP contribution is -2.22. The summed E-state index contributed by atoms with van der Waals surface area (Å²) >= 11 is 7.86. The van der Waals surface area contributed by atoms with Gasteiger partial charge in [-0.3, -0.25) is 9.79 Å². The Morgan fingerprint density at radius 3 is 2.61 bits per heavy atom. The molecule has 0 spiro atoms. The molecule has 3 aromatic carbocycles. The number of nitrogens with zero attached hydrogens (tertiary/aromatic N) is 1. The molecule has 3 nitrogen and oxygen atoms in total. The van der Waals surface area contributed by atoms with Crippen molar-refractivity contribution in [1.29, 1.82) is 0 Å². The van der Waals surface area contributed by atoms with Gasteiger partial charge in [0.15, 0.2) is 0 Å². The third-order valence-electron chi connectivity index (χ3n) is 4.58. The number of hydrogen-bond donors (Lipinski definition) is 1. The van der Waals surface area contributed by atoms with Crippen LogP contribution in [-0.4, -0.2) is 11.6 Å². The molecule has 0 bridgehead atoms. The smallest absolute Gasteiger partial charge is 0.251 e. The van der Waals surface area contributed by atoms with E-state index in [0.29, 0.717) is 17.1 Å². The first-order chi connectivity index (χ1) is 13.6. The molecule has 0 fully saturated rings. The Bertz CT molecular complexity index is 1060. The summed E-state index contributed by atoms with van der Waals surface area (Å²) in [7, 11) is 0. The number of fused-ring (bicyclic) bond motifs is 2. The molecule has 0 atom stereocenters. The predicted octanol–water partition coefficient (Wildman–Crippen LogP) is 6.27. The van der Waals surface area contributed by atoms with Crippen LogP contribution in [0.2, 0.25) is 5.02 Å². The summed E-state index contributed by atoms with van der Waals surface area (Å²) < 4.78 is 0. The van der Waals surface area contributed by atoms with Crippen molar-refractivity contribution in [3.8, 4) is 0 Å². The molecule has 4 rings (SSSR count). The van der Waals surface area contributed by atoms with Crippen molar-refractivity contribution < 1.29 is 4.79 Å². The SMILES string of the molecule is CCC1=Nc2cc(C(=O)NCc3ccccc3)ccc2Sc2ccc(Cl)cc21. The first-order valence-electron chi connectivity index (χ1n) is 9.15. The van der Waals surface area contributed by atoms with Gasteiger partial charge in [0.25, 0.3) is 5.91 Å². The second-order valence-electron chi connectivity index (χ2n) is 6.51. The Hall–Kier alpha value is -2.56. The zero-order valence-corrected chi connectivity index (χ0v) is 17.0. The highest BCUT2D eigenvalue weighted by Crippen LogP contribution is 2.41. The number of hydrogen-bond acceptors (Lipinski definition) is 3. The number of benzene rings is 3. The zero-order chi connectivity index (χ0) is 19.5. The summed E-state index contributed by atoms with van der Waals surface area (Å²) in [5.74, 6) is -0.102. The number of carbonyl (C=O) groups is 1. The fourth-order valence-corrected chi connectivity index (χ4v) is 4.30. The fourth-order valence-electron chi connectivity index (χ4n) is 3.12. The van der Waals surface area contributed by atoms with E-state index in [1.54, 1.807) is 11.8 Å². The summed E-state index contributed by atoms with van der Waals surface area (Å²) in [6.07, 6.45) is 0.789. The first-order valence-corrected chi connectivity index (χ1v) is 10.3. The summed E-state index contributed by atoms with van der Waals surface area (Å²) in [6, 6.07) is 21.5. The van der Waals surface area contributed by atoms with Crippen LogP contribution in [-0.2, 0) is 6.54 Å². The first kappa shape index (κ1) is 18.8. The monoisotopic (exact) mass is 406 g/mol. The number of amides is 1. The van der Waals surface area contributed by atoms with Crippen molar-refractivity contribution in [1.82, 2.24) is 5.32 Å². The van der Waals surface area contributed by atoms with Gasteiger partial charge in [0.05, 0.1) is 5.69 Å². The van der Waals surface area contributed by atoms with Crippen LogP contribution in [0.1, 0.15) is 34.8 Å². The molecule has 1 amide bonds. The lowest BCUT2D eigenvalue weighted by atomic mass is 10.1. The number of aliphatic imine (C=N–C) groups is 1. The van der Waals surface area contributed by atoms with E-state index in [1.165, 1.54) is 0 Å². The summed E-state index contributed by atoms with van der Waals surface area (Å²) in [5.41, 5.74) is 4.54. The van der Waals surface area contributed by atoms with Crippen molar-refractivity contribution in [3.05, 3.63) is 88.4 Å². The molecule has 0 aliphatic carbocycles. The lowest BCUT2D eigenvalue weighted by molar-refractivity contribution is 0.0951. The van der Waals surface area contributed by atoms with Gasteiger partial charge in [0.2, 0.25) is 0 Å². The highest BCUT2D eigenvalue weighted by atomic mass is 35.5. The van der Waals surface area contributed by atoms with Gasteiger partial charge in [-0.2, -0.15) is 0 Å². The van der Waals surface area contributed by atoms with E-state index in [0.717, 1.165) is 38.7 Å². The van der Waals surface area contributed by atoms with Crippen molar-refractivity contribution in [2.45, 2.75) is 29.7 Å². The fraction of sp³-hybridized carbons (Fsp3) is 0.130. The van der Waals surface area contributed by atoms with Crippen LogP contribution in [0.15, 0.2) is 81.5 Å². The molecule has 1 aliphatic heterocycles. The van der Waals surface area contributed by atoms with E-state index in [9.17, 15) is 4.79 Å². The van der Waals surface area contributed by atoms with Gasteiger partial charge in [0.1, 0.15) is 0 Å². The minimum atomic E-state index is -0.102. The standard InChI is InChI=1S/C23H19ClN2OS/c1-2-19-18-13-17(24)9-11-21(18)28-22-10-8-16(12-20(22)26-19)23(27)25-14-15-6-4-3-5-7-15/h3-13H,2,14H2,1H3,(H,25,27). The molecule has 140 valence electrons. The minimum absolute atomic E-state index is 0.102. The number of nitrogens with one attached hydrogen (secondary N) is 1. The van der Waals surface area contributed by atoms with E-state index in [-0.39, 0.29) is 5.91 Å². The molecule has 5 heteroatoms. The Morgan fingerprint density at radius 2 is 1.82 bits per heavy atom. The Morgan fingerprint density at radius 1 is 1.04 bits per heavy atom. The van der Waals surface area contributed by atoms with Gasteiger partial charge in [-0.15, -0.1) is 0 Å². The molecule has 1 N–H and O–H groups in total. The molecule has 1 heterocycles. The molecule has 28 heavy (non-hydrogen) atoms. The molecule has 3 aromatic rings. The van der Waals surface area contributed by atoms with Gasteiger partial charge in [0, 0.05) is 38.2 Å². The molecular weight excluding hydrogens is 388 g/mol. The number of carbonyl (C=O) groups excluding carboxylic acids is 1. The molecule has 0 saturated heterocycles. The molecule has 0 saturated carbocycles. The van der Waals surface area contributed by atoms with Crippen molar-refractivity contribution in [3.63, 3.8) is 0 Å². The topological polar surface area (TPSA) is 41.5 Å². The zero-order valence-electron chi connectivity index (χ0n) is 15.4. The average Bonchev–Trinajstić information content (AvgIpc) is 2.88. The van der Waals surface area contributed by atoms with Gasteiger partial charge >= 0.3 is 0 Å². The van der Waals surface area contributed by atoms with Gasteiger partial charge in [-0.25, -0.2) is 0 Å². The van der Waals surface area contributed by atoms with Crippen LogP contribution in [0.3, 0.4) is 0 Å². The number of halogens is 1. The summed E-state index contributed by atoms with van der Waals surface area (Å²) in [4.78, 5) is 19.6. The largest absolute Gasteiger partial charge is 0.348 e. The van der Waals surface area contributed by atoms with Crippen LogP contribution in [0.4, 0.5) is 5.69 Å². The Labute approximate surface area is 173 Å². The summed E-state index contributed by atoms with van der Waals surface area (Å²) in [6.45, 7) is 2.58. The van der Waals surface area contributed by atoms with Crippen molar-refractivity contribution in [2.24, 2.45) is 4.99 Å². The van der Waals surface area contributed by atoms with Crippen molar-refractivity contribution in [2.75, 3.05) is 0 Å². The molecule has 0 aromatic heterocycles. The minimum Gasteiger partial charge on any atom is -0.348 e. The average molecular weight is 407 g/mol. The highest BCUT2D eigenvalue weighted by molar-refractivity contribution is 7.99. The molecule has 0 unspecified atom stereocenters. The van der Waals surface area contributed by atoms with Gasteiger partial charge < -0.3 is 5.32 Å². The van der Waals surface area contributed by atoms with E-state index in [1.807, 2.05) is 66.7 Å². The molecule has 1 aliphatic rings. The quantitative estimate of drug-likeness (QED) is 0.555. The molecular formula is C23H19ClN2OS. The van der Waals surface area contributed by atoms with E-state index in [4.69, 9.17) is 16.6 Å². The van der Waals surface area contributed by atoms with Crippen LogP contribution in [0, 0.1) is 0 Å². The van der Waals surface area contributed by atoms with E-state index >= 15 is 0 Å². The van der Waals surface area contributed by atoms with Crippen LogP contribution >= 0.6 is 23.4 Å². The molecule has 0 radical (unpaired) electrons. The normalized spacial score (nSPS) is 12.4. The van der Waals surface area contributed by atoms with Gasteiger partial charge in [-0.1, -0.05) is 60.6 Å². The maximum Gasteiger partial charge on any atom is 0.251 e. The second-order valence-corrected chi connectivity index (χ2v) is 8.03. The maximum atomic E-state index is 12.6. The van der Waals surface area contributed by atoms with E-state index in [2.05, 4.69) is 12.2 Å². The van der Waals surface area contributed by atoms with E-state index < -0.39 is 0 Å². The third-order valence-corrected chi connectivity index (χ3v) is 5.96.